The Hall–Kier alpha value is -1.30. The van der Waals surface area contributed by atoms with Gasteiger partial charge in [0.2, 0.25) is 0 Å². The van der Waals surface area contributed by atoms with Crippen molar-refractivity contribution in [1.29, 1.82) is 0 Å². The first-order valence-electron chi connectivity index (χ1n) is 6.12. The quantitative estimate of drug-likeness (QED) is 0.559. The van der Waals surface area contributed by atoms with Gasteiger partial charge in [0, 0.05) is 5.41 Å². The summed E-state index contributed by atoms with van der Waals surface area (Å²) in [5.41, 5.74) is 6.43. The average Bonchev–Trinajstić information content (AvgIpc) is 2.50. The van der Waals surface area contributed by atoms with Gasteiger partial charge < -0.3 is 0 Å². The Morgan fingerprint density at radius 2 is 1.94 bits per heavy atom. The van der Waals surface area contributed by atoms with Gasteiger partial charge in [-0.15, -0.1) is 0 Å². The third-order valence-corrected chi connectivity index (χ3v) is 4.13. The summed E-state index contributed by atoms with van der Waals surface area (Å²) in [4.78, 5) is 0. The van der Waals surface area contributed by atoms with Gasteiger partial charge in [0.15, 0.2) is 0 Å². The molecule has 0 fully saturated rings. The van der Waals surface area contributed by atoms with Gasteiger partial charge in [-0.05, 0) is 34.6 Å². The molecule has 0 aromatic heterocycles. The first-order chi connectivity index (χ1) is 7.62. The molecule has 2 aliphatic carbocycles. The first kappa shape index (κ1) is 9.89. The van der Waals surface area contributed by atoms with E-state index in [1.165, 1.54) is 11.1 Å². The van der Waals surface area contributed by atoms with Gasteiger partial charge in [-0.2, -0.15) is 0 Å². The van der Waals surface area contributed by atoms with Crippen LogP contribution < -0.4 is 0 Å². The maximum atomic E-state index is 2.36. The van der Waals surface area contributed by atoms with Crippen molar-refractivity contribution in [3.8, 4) is 0 Å². The molecule has 1 unspecified atom stereocenters. The predicted octanol–water partition coefficient (Wildman–Crippen LogP) is 4.33. The van der Waals surface area contributed by atoms with Crippen LogP contribution in [0, 0.1) is 5.92 Å². The average molecular weight is 210 g/mol. The summed E-state index contributed by atoms with van der Waals surface area (Å²) in [5, 5.41) is 0. The van der Waals surface area contributed by atoms with Gasteiger partial charge in [0.1, 0.15) is 0 Å². The zero-order valence-corrected chi connectivity index (χ0v) is 10.2. The van der Waals surface area contributed by atoms with E-state index in [1.807, 2.05) is 0 Å². The summed E-state index contributed by atoms with van der Waals surface area (Å²) in [5.74, 6) is 0.589. The molecule has 0 N–H and O–H groups in total. The van der Waals surface area contributed by atoms with Crippen molar-refractivity contribution in [2.24, 2.45) is 5.92 Å². The molecule has 0 heteroatoms. The van der Waals surface area contributed by atoms with Crippen molar-refractivity contribution in [2.75, 3.05) is 0 Å². The van der Waals surface area contributed by atoms with Crippen LogP contribution >= 0.6 is 0 Å². The monoisotopic (exact) mass is 210 g/mol. The zero-order chi connectivity index (χ0) is 11.3. The summed E-state index contributed by atoms with van der Waals surface area (Å²) < 4.78 is 0. The van der Waals surface area contributed by atoms with Crippen LogP contribution in [0.4, 0.5) is 0 Å². The van der Waals surface area contributed by atoms with Crippen molar-refractivity contribution in [3.63, 3.8) is 0 Å². The van der Waals surface area contributed by atoms with Gasteiger partial charge in [-0.1, -0.05) is 57.2 Å². The van der Waals surface area contributed by atoms with Crippen molar-refractivity contribution in [1.82, 2.24) is 0 Å². The highest BCUT2D eigenvalue weighted by Crippen LogP contribution is 2.51. The molecule has 82 valence electrons. The fraction of sp³-hybridized carbons (Fsp3) is 0.375. The SMILES string of the molecule is CC1C=CCC2=C1C(C)(C)c1ccccc12. The lowest BCUT2D eigenvalue weighted by atomic mass is 9.75. The first-order valence-corrected chi connectivity index (χ1v) is 6.12. The van der Waals surface area contributed by atoms with E-state index in [-0.39, 0.29) is 5.41 Å². The van der Waals surface area contributed by atoms with E-state index in [9.17, 15) is 0 Å². The van der Waals surface area contributed by atoms with Crippen LogP contribution in [-0.2, 0) is 5.41 Å². The molecular weight excluding hydrogens is 192 g/mol. The molecule has 0 nitrogen and oxygen atoms in total. The molecule has 1 atom stereocenters. The highest BCUT2D eigenvalue weighted by atomic mass is 14.4. The Labute approximate surface area is 97.7 Å². The van der Waals surface area contributed by atoms with E-state index in [1.54, 1.807) is 11.1 Å². The molecule has 0 saturated carbocycles. The van der Waals surface area contributed by atoms with Crippen LogP contribution in [-0.4, -0.2) is 0 Å². The van der Waals surface area contributed by atoms with E-state index in [4.69, 9.17) is 0 Å². The number of benzene rings is 1. The minimum absolute atomic E-state index is 0.218. The minimum atomic E-state index is 0.218. The molecule has 0 saturated heterocycles. The summed E-state index contributed by atoms with van der Waals surface area (Å²) >= 11 is 0. The molecule has 0 aliphatic heterocycles. The maximum absolute atomic E-state index is 2.36. The normalized spacial score (nSPS) is 25.6. The van der Waals surface area contributed by atoms with E-state index in [0.29, 0.717) is 5.92 Å². The number of fused-ring (bicyclic) bond motifs is 2. The van der Waals surface area contributed by atoms with Crippen molar-refractivity contribution >= 4 is 5.57 Å². The standard InChI is InChI=1S/C16H18/c1-11-7-6-9-13-12-8-4-5-10-14(12)16(2,3)15(11)13/h4-8,10-11H,9H2,1-3H3. The van der Waals surface area contributed by atoms with E-state index < -0.39 is 0 Å². The summed E-state index contributed by atoms with van der Waals surface area (Å²) in [7, 11) is 0. The molecule has 16 heavy (non-hydrogen) atoms. The van der Waals surface area contributed by atoms with Gasteiger partial charge in [0.25, 0.3) is 0 Å². The molecule has 0 heterocycles. The lowest BCUT2D eigenvalue weighted by molar-refractivity contribution is 0.574. The molecule has 1 aromatic rings. The lowest BCUT2D eigenvalue weighted by Gasteiger charge is -2.29. The van der Waals surface area contributed by atoms with Gasteiger partial charge in [-0.25, -0.2) is 0 Å². The van der Waals surface area contributed by atoms with Crippen LogP contribution in [0.5, 0.6) is 0 Å². The number of allylic oxidation sites excluding steroid dienone is 4. The summed E-state index contributed by atoms with van der Waals surface area (Å²) in [6.45, 7) is 7.05. The fourth-order valence-corrected chi connectivity index (χ4v) is 3.51. The molecule has 0 amide bonds. The Kier molecular flexibility index (Phi) is 1.92. The van der Waals surface area contributed by atoms with Crippen molar-refractivity contribution in [2.45, 2.75) is 32.6 Å². The molecule has 3 rings (SSSR count). The summed E-state index contributed by atoms with van der Waals surface area (Å²) in [6.07, 6.45) is 5.79. The molecule has 0 bridgehead atoms. The number of rotatable bonds is 0. The van der Waals surface area contributed by atoms with Crippen LogP contribution in [0.25, 0.3) is 5.57 Å². The largest absolute Gasteiger partial charge is 0.0835 e. The Balaban J connectivity index is 2.27. The topological polar surface area (TPSA) is 0 Å². The van der Waals surface area contributed by atoms with Gasteiger partial charge >= 0.3 is 0 Å². The Morgan fingerprint density at radius 3 is 2.75 bits per heavy atom. The number of hydrogen-bond donors (Lipinski definition) is 0. The smallest absolute Gasteiger partial charge is 0.0123 e. The molecule has 0 spiro atoms. The van der Waals surface area contributed by atoms with Crippen molar-refractivity contribution < 1.29 is 0 Å². The van der Waals surface area contributed by atoms with Crippen molar-refractivity contribution in [3.05, 3.63) is 53.1 Å². The molecule has 0 radical (unpaired) electrons. The van der Waals surface area contributed by atoms with E-state index >= 15 is 0 Å². The maximum Gasteiger partial charge on any atom is 0.0123 e. The van der Waals surface area contributed by atoms with Gasteiger partial charge in [-0.3, -0.25) is 0 Å². The van der Waals surface area contributed by atoms with Crippen LogP contribution in [0.3, 0.4) is 0 Å². The minimum Gasteiger partial charge on any atom is -0.0835 e. The summed E-state index contributed by atoms with van der Waals surface area (Å²) in [6, 6.07) is 8.90. The van der Waals surface area contributed by atoms with Gasteiger partial charge in [0.05, 0.1) is 0 Å². The van der Waals surface area contributed by atoms with Crippen LogP contribution in [0.1, 0.15) is 38.3 Å². The third kappa shape index (κ3) is 1.10. The van der Waals surface area contributed by atoms with Crippen LogP contribution in [0.2, 0.25) is 0 Å². The fourth-order valence-electron chi connectivity index (χ4n) is 3.51. The lowest BCUT2D eigenvalue weighted by Crippen LogP contribution is -2.21. The molecular formula is C16H18. The third-order valence-electron chi connectivity index (χ3n) is 4.13. The highest BCUT2D eigenvalue weighted by Gasteiger charge is 2.39. The van der Waals surface area contributed by atoms with E-state index in [2.05, 4.69) is 57.2 Å². The Morgan fingerprint density at radius 1 is 1.19 bits per heavy atom. The molecule has 2 aliphatic rings. The second-order valence-electron chi connectivity index (χ2n) is 5.48. The second kappa shape index (κ2) is 3.10. The zero-order valence-electron chi connectivity index (χ0n) is 10.2. The Bertz CT molecular complexity index is 501. The number of hydrogen-bond acceptors (Lipinski definition) is 0. The molecule has 1 aromatic carbocycles. The second-order valence-corrected chi connectivity index (χ2v) is 5.48. The van der Waals surface area contributed by atoms with Crippen LogP contribution in [0.15, 0.2) is 42.0 Å². The predicted molar refractivity (Wildman–Crippen MR) is 69.3 cm³/mol. The van der Waals surface area contributed by atoms with E-state index in [0.717, 1.165) is 6.42 Å². The highest BCUT2D eigenvalue weighted by molar-refractivity contribution is 5.82.